The van der Waals surface area contributed by atoms with E-state index in [1.165, 1.54) is 13.2 Å². The highest BCUT2D eigenvalue weighted by molar-refractivity contribution is 5.56. The number of hydrogen-bond acceptors (Lipinski definition) is 4. The Bertz CT molecular complexity index is 524. The van der Waals surface area contributed by atoms with E-state index in [0.29, 0.717) is 22.5 Å². The second-order valence-corrected chi connectivity index (χ2v) is 6.55. The van der Waals surface area contributed by atoms with Crippen LogP contribution in [-0.2, 0) is 0 Å². The van der Waals surface area contributed by atoms with Crippen molar-refractivity contribution >= 4 is 11.4 Å². The van der Waals surface area contributed by atoms with Crippen molar-refractivity contribution in [3.05, 3.63) is 28.3 Å². The number of ether oxygens (including phenoxy) is 1. The van der Waals surface area contributed by atoms with Gasteiger partial charge in [-0.2, -0.15) is 0 Å². The van der Waals surface area contributed by atoms with Crippen molar-refractivity contribution in [1.29, 1.82) is 0 Å². The fourth-order valence-corrected chi connectivity index (χ4v) is 2.97. The van der Waals surface area contributed by atoms with Gasteiger partial charge in [-0.15, -0.1) is 0 Å². The van der Waals surface area contributed by atoms with Gasteiger partial charge in [0.25, 0.3) is 5.69 Å². The molecule has 0 atom stereocenters. The van der Waals surface area contributed by atoms with Crippen LogP contribution >= 0.6 is 0 Å². The Kier molecular flexibility index (Phi) is 3.40. The lowest BCUT2D eigenvalue weighted by Gasteiger charge is -2.09. The van der Waals surface area contributed by atoms with Crippen LogP contribution in [0, 0.1) is 26.9 Å². The Morgan fingerprint density at radius 3 is 2.30 bits per heavy atom. The molecule has 1 aromatic carbocycles. The highest BCUT2D eigenvalue weighted by Crippen LogP contribution is 2.68. The van der Waals surface area contributed by atoms with E-state index >= 15 is 0 Å². The molecule has 0 radical (unpaired) electrons. The predicted molar refractivity (Wildman–Crippen MR) is 79.2 cm³/mol. The van der Waals surface area contributed by atoms with Gasteiger partial charge < -0.3 is 10.1 Å². The van der Waals surface area contributed by atoms with Crippen LogP contribution in [0.5, 0.6) is 5.75 Å². The third-order valence-electron chi connectivity index (χ3n) is 5.17. The number of nitrogens with one attached hydrogen (secondary N) is 1. The van der Waals surface area contributed by atoms with Crippen molar-refractivity contribution < 1.29 is 9.66 Å². The van der Waals surface area contributed by atoms with Gasteiger partial charge in [-0.25, -0.2) is 0 Å². The maximum atomic E-state index is 10.9. The molecule has 110 valence electrons. The molecule has 0 amide bonds. The van der Waals surface area contributed by atoms with Crippen LogP contribution < -0.4 is 10.1 Å². The molecule has 0 bridgehead atoms. The summed E-state index contributed by atoms with van der Waals surface area (Å²) in [7, 11) is 1.51. The molecule has 0 aliphatic heterocycles. The van der Waals surface area contributed by atoms with Crippen molar-refractivity contribution in [2.24, 2.45) is 16.7 Å². The second-order valence-electron chi connectivity index (χ2n) is 6.55. The molecule has 1 aliphatic rings. The van der Waals surface area contributed by atoms with Gasteiger partial charge in [-0.1, -0.05) is 27.7 Å². The number of hydrogen-bond donors (Lipinski definition) is 1. The summed E-state index contributed by atoms with van der Waals surface area (Å²) < 4.78 is 5.11. The quantitative estimate of drug-likeness (QED) is 0.659. The van der Waals surface area contributed by atoms with E-state index < -0.39 is 4.92 Å². The van der Waals surface area contributed by atoms with Crippen LogP contribution in [0.15, 0.2) is 18.2 Å². The normalized spacial score (nSPS) is 19.4. The Balaban J connectivity index is 2.11. The second kappa shape index (κ2) is 4.65. The first-order valence-electron chi connectivity index (χ1n) is 6.77. The van der Waals surface area contributed by atoms with E-state index in [4.69, 9.17) is 4.74 Å². The topological polar surface area (TPSA) is 64.4 Å². The number of anilines is 1. The number of benzene rings is 1. The average Bonchev–Trinajstić information content (AvgIpc) is 2.76. The zero-order chi connectivity index (χ0) is 15.1. The van der Waals surface area contributed by atoms with Crippen LogP contribution in [0.25, 0.3) is 0 Å². The van der Waals surface area contributed by atoms with E-state index in [0.717, 1.165) is 12.2 Å². The number of non-ortho nitro benzene ring substituents is 1. The lowest BCUT2D eigenvalue weighted by Crippen LogP contribution is -2.08. The monoisotopic (exact) mass is 278 g/mol. The number of nitrogens with zero attached hydrogens (tertiary/aromatic N) is 1. The van der Waals surface area contributed by atoms with Gasteiger partial charge in [0.1, 0.15) is 5.75 Å². The molecule has 0 heterocycles. The largest absolute Gasteiger partial charge is 0.496 e. The molecule has 1 saturated carbocycles. The van der Waals surface area contributed by atoms with Crippen molar-refractivity contribution in [1.82, 2.24) is 0 Å². The highest BCUT2D eigenvalue weighted by Gasteiger charge is 2.63. The van der Waals surface area contributed by atoms with Gasteiger partial charge in [-0.05, 0) is 16.7 Å². The molecule has 1 aliphatic carbocycles. The summed E-state index contributed by atoms with van der Waals surface area (Å²) in [6.07, 6.45) is 0. The lowest BCUT2D eigenvalue weighted by atomic mass is 10.0. The molecular formula is C15H22N2O3. The summed E-state index contributed by atoms with van der Waals surface area (Å²) in [6.45, 7) is 9.84. The van der Waals surface area contributed by atoms with Crippen LogP contribution in [0.4, 0.5) is 11.4 Å². The molecule has 0 saturated heterocycles. The summed E-state index contributed by atoms with van der Waals surface area (Å²) >= 11 is 0. The first-order valence-corrected chi connectivity index (χ1v) is 6.77. The number of methoxy groups -OCH3 is 1. The highest BCUT2D eigenvalue weighted by atomic mass is 16.6. The summed E-state index contributed by atoms with van der Waals surface area (Å²) in [5, 5.41) is 14.2. The van der Waals surface area contributed by atoms with Crippen molar-refractivity contribution in [2.45, 2.75) is 27.7 Å². The van der Waals surface area contributed by atoms with Gasteiger partial charge in [0.15, 0.2) is 0 Å². The Hall–Kier alpha value is -1.78. The molecule has 1 aromatic rings. The molecule has 1 N–H and O–H groups in total. The van der Waals surface area contributed by atoms with Crippen LogP contribution in [-0.4, -0.2) is 18.6 Å². The Morgan fingerprint density at radius 1 is 1.25 bits per heavy atom. The molecule has 1 fully saturated rings. The molecule has 2 rings (SSSR count). The molecule has 0 aromatic heterocycles. The van der Waals surface area contributed by atoms with Crippen molar-refractivity contribution in [3.8, 4) is 5.75 Å². The average molecular weight is 278 g/mol. The number of nitro benzene ring substituents is 1. The predicted octanol–water partition coefficient (Wildman–Crippen LogP) is 3.70. The van der Waals surface area contributed by atoms with E-state index in [1.54, 1.807) is 12.1 Å². The van der Waals surface area contributed by atoms with Crippen molar-refractivity contribution in [2.75, 3.05) is 19.0 Å². The van der Waals surface area contributed by atoms with Gasteiger partial charge in [-0.3, -0.25) is 10.1 Å². The number of rotatable bonds is 5. The SMILES string of the molecule is COc1cc(NCC2C(C)(C)C2(C)C)cc([N+](=O)[O-])c1. The molecule has 0 unspecified atom stereocenters. The first kappa shape index (κ1) is 14.6. The maximum absolute atomic E-state index is 10.9. The Labute approximate surface area is 119 Å². The third kappa shape index (κ3) is 2.32. The number of nitro groups is 1. The van der Waals surface area contributed by atoms with E-state index in [-0.39, 0.29) is 5.69 Å². The fraction of sp³-hybridized carbons (Fsp3) is 0.600. The molecule has 5 heteroatoms. The zero-order valence-electron chi connectivity index (χ0n) is 12.7. The van der Waals surface area contributed by atoms with Gasteiger partial charge in [0.05, 0.1) is 18.1 Å². The van der Waals surface area contributed by atoms with Gasteiger partial charge in [0, 0.05) is 24.4 Å². The molecule has 0 spiro atoms. The standard InChI is InChI=1S/C15H22N2O3/c1-14(2)13(15(14,3)4)9-16-10-6-11(17(18)19)8-12(7-10)20-5/h6-8,13,16H,9H2,1-5H3. The molecular weight excluding hydrogens is 256 g/mol. The summed E-state index contributed by atoms with van der Waals surface area (Å²) in [5.74, 6) is 1.05. The van der Waals surface area contributed by atoms with Crippen LogP contribution in [0.1, 0.15) is 27.7 Å². The van der Waals surface area contributed by atoms with Gasteiger partial charge in [0.2, 0.25) is 0 Å². The van der Waals surface area contributed by atoms with Crippen LogP contribution in [0.2, 0.25) is 0 Å². The smallest absolute Gasteiger partial charge is 0.275 e. The minimum Gasteiger partial charge on any atom is -0.496 e. The summed E-state index contributed by atoms with van der Waals surface area (Å²) in [4.78, 5) is 10.5. The minimum atomic E-state index is -0.404. The van der Waals surface area contributed by atoms with E-state index in [9.17, 15) is 10.1 Å². The fourth-order valence-electron chi connectivity index (χ4n) is 2.97. The third-order valence-corrected chi connectivity index (χ3v) is 5.17. The van der Waals surface area contributed by atoms with Gasteiger partial charge >= 0.3 is 0 Å². The van der Waals surface area contributed by atoms with E-state index in [1.807, 2.05) is 0 Å². The minimum absolute atomic E-state index is 0.0427. The van der Waals surface area contributed by atoms with Crippen molar-refractivity contribution in [3.63, 3.8) is 0 Å². The Morgan fingerprint density at radius 2 is 1.85 bits per heavy atom. The summed E-state index contributed by atoms with van der Waals surface area (Å²) in [6, 6.07) is 4.76. The molecule has 5 nitrogen and oxygen atoms in total. The molecule has 20 heavy (non-hydrogen) atoms. The maximum Gasteiger partial charge on any atom is 0.275 e. The first-order chi connectivity index (χ1) is 9.20. The lowest BCUT2D eigenvalue weighted by molar-refractivity contribution is -0.384. The summed E-state index contributed by atoms with van der Waals surface area (Å²) in [5.41, 5.74) is 1.37. The van der Waals surface area contributed by atoms with Crippen LogP contribution in [0.3, 0.4) is 0 Å². The van der Waals surface area contributed by atoms with E-state index in [2.05, 4.69) is 33.0 Å². The zero-order valence-corrected chi connectivity index (χ0v) is 12.7.